The Labute approximate surface area is 157 Å². The molecule has 1 amide bonds. The molecule has 1 atom stereocenters. The number of ether oxygens (including phenoxy) is 2. The number of nitrogens with zero attached hydrogens (tertiary/aromatic N) is 4. The van der Waals surface area contributed by atoms with Gasteiger partial charge in [-0.15, -0.1) is 0 Å². The molecular weight excluding hydrogens is 356 g/mol. The molecule has 0 radical (unpaired) electrons. The molecule has 0 spiro atoms. The highest BCUT2D eigenvalue weighted by molar-refractivity contribution is 6.30. The van der Waals surface area contributed by atoms with E-state index < -0.39 is 5.60 Å². The maximum Gasteiger partial charge on any atom is 0.410 e. The molecule has 7 nitrogen and oxygen atoms in total. The summed E-state index contributed by atoms with van der Waals surface area (Å²) >= 11 is 6.04. The molecule has 1 aliphatic heterocycles. The van der Waals surface area contributed by atoms with Gasteiger partial charge in [0.05, 0.1) is 12.1 Å². The summed E-state index contributed by atoms with van der Waals surface area (Å²) in [5, 5.41) is 0.312. The third kappa shape index (κ3) is 4.72. The van der Waals surface area contributed by atoms with Gasteiger partial charge in [-0.3, -0.25) is 4.98 Å². The van der Waals surface area contributed by atoms with Gasteiger partial charge >= 0.3 is 6.09 Å². The van der Waals surface area contributed by atoms with Gasteiger partial charge in [0.1, 0.15) is 10.8 Å². The average Bonchev–Trinajstić information content (AvgIpc) is 2.58. The lowest BCUT2D eigenvalue weighted by Crippen LogP contribution is -2.44. The number of halogens is 1. The van der Waals surface area contributed by atoms with Crippen molar-refractivity contribution >= 4 is 28.7 Å². The Hall–Kier alpha value is -2.15. The van der Waals surface area contributed by atoms with Crippen molar-refractivity contribution in [3.8, 4) is 5.88 Å². The van der Waals surface area contributed by atoms with E-state index in [0.717, 1.165) is 12.8 Å². The summed E-state index contributed by atoms with van der Waals surface area (Å²) < 4.78 is 11.4. The van der Waals surface area contributed by atoms with Gasteiger partial charge < -0.3 is 14.4 Å². The Bertz CT molecular complexity index is 794. The minimum absolute atomic E-state index is 0.198. The first-order valence-electron chi connectivity index (χ1n) is 8.70. The monoisotopic (exact) mass is 378 g/mol. The fraction of sp³-hybridized carbons (Fsp3) is 0.556. The number of likely N-dealkylation sites (tertiary alicyclic amines) is 1. The van der Waals surface area contributed by atoms with Crippen molar-refractivity contribution in [3.05, 3.63) is 23.6 Å². The molecule has 0 N–H and O–H groups in total. The summed E-state index contributed by atoms with van der Waals surface area (Å²) in [7, 11) is 0. The molecule has 140 valence electrons. The highest BCUT2D eigenvalue weighted by Crippen LogP contribution is 2.25. The predicted octanol–water partition coefficient (Wildman–Crippen LogP) is 3.70. The van der Waals surface area contributed by atoms with E-state index in [0.29, 0.717) is 41.8 Å². The summed E-state index contributed by atoms with van der Waals surface area (Å²) in [6.45, 7) is 7.33. The van der Waals surface area contributed by atoms with E-state index in [9.17, 15) is 4.79 Å². The Kier molecular flexibility index (Phi) is 5.46. The lowest BCUT2D eigenvalue weighted by Gasteiger charge is -2.33. The van der Waals surface area contributed by atoms with Crippen LogP contribution in [0.2, 0.25) is 5.15 Å². The highest BCUT2D eigenvalue weighted by atomic mass is 35.5. The number of rotatable bonds is 3. The normalized spacial score (nSPS) is 18.0. The van der Waals surface area contributed by atoms with Crippen molar-refractivity contribution in [2.75, 3.05) is 19.7 Å². The van der Waals surface area contributed by atoms with Crippen LogP contribution >= 0.6 is 11.6 Å². The molecule has 1 saturated heterocycles. The van der Waals surface area contributed by atoms with Gasteiger partial charge in [0.15, 0.2) is 5.52 Å². The molecule has 0 aromatic carbocycles. The van der Waals surface area contributed by atoms with Crippen LogP contribution in [0.3, 0.4) is 0 Å². The Balaban J connectivity index is 1.64. The second kappa shape index (κ2) is 7.61. The molecule has 8 heteroatoms. The smallest absolute Gasteiger partial charge is 0.410 e. The van der Waals surface area contributed by atoms with Gasteiger partial charge in [0.2, 0.25) is 5.88 Å². The molecule has 26 heavy (non-hydrogen) atoms. The molecule has 1 fully saturated rings. The molecule has 0 saturated carbocycles. The predicted molar refractivity (Wildman–Crippen MR) is 98.4 cm³/mol. The second-order valence-corrected chi connectivity index (χ2v) is 7.81. The number of hydrogen-bond acceptors (Lipinski definition) is 6. The molecule has 3 rings (SSSR count). The van der Waals surface area contributed by atoms with Gasteiger partial charge in [0, 0.05) is 37.5 Å². The first-order valence-corrected chi connectivity index (χ1v) is 9.07. The average molecular weight is 379 g/mol. The topological polar surface area (TPSA) is 77.4 Å². The zero-order chi connectivity index (χ0) is 18.7. The lowest BCUT2D eigenvalue weighted by atomic mass is 9.99. The van der Waals surface area contributed by atoms with Crippen LogP contribution in [-0.2, 0) is 4.74 Å². The van der Waals surface area contributed by atoms with E-state index in [1.807, 2.05) is 20.8 Å². The van der Waals surface area contributed by atoms with Gasteiger partial charge in [0.25, 0.3) is 0 Å². The molecule has 1 aliphatic rings. The maximum absolute atomic E-state index is 12.3. The highest BCUT2D eigenvalue weighted by Gasteiger charge is 2.28. The van der Waals surface area contributed by atoms with Gasteiger partial charge in [-0.1, -0.05) is 11.6 Å². The van der Waals surface area contributed by atoms with E-state index in [4.69, 9.17) is 21.1 Å². The van der Waals surface area contributed by atoms with Gasteiger partial charge in [-0.05, 0) is 33.6 Å². The lowest BCUT2D eigenvalue weighted by molar-refractivity contribution is 0.0138. The number of carbonyl (C=O) groups is 1. The maximum atomic E-state index is 12.3. The zero-order valence-electron chi connectivity index (χ0n) is 15.2. The summed E-state index contributed by atoms with van der Waals surface area (Å²) in [5.74, 6) is 0.568. The fourth-order valence-electron chi connectivity index (χ4n) is 2.91. The SMILES string of the molecule is CC(C)(C)OC(=O)N1CCCC(COc2nc(Cl)cc3nccnc23)C1. The van der Waals surface area contributed by atoms with E-state index in [1.165, 1.54) is 0 Å². The summed E-state index contributed by atoms with van der Waals surface area (Å²) in [4.78, 5) is 26.7. The number of fused-ring (bicyclic) bond motifs is 1. The first-order chi connectivity index (χ1) is 12.3. The van der Waals surface area contributed by atoms with Crippen LogP contribution in [0.25, 0.3) is 11.0 Å². The van der Waals surface area contributed by atoms with Crippen LogP contribution in [0.15, 0.2) is 18.5 Å². The van der Waals surface area contributed by atoms with Gasteiger partial charge in [-0.25, -0.2) is 9.78 Å². The number of aromatic nitrogens is 3. The minimum Gasteiger partial charge on any atom is -0.476 e. The standard InChI is InChI=1S/C18H23ClN4O3/c1-18(2,3)26-17(24)23-8-4-5-12(10-23)11-25-16-15-13(9-14(19)22-16)20-6-7-21-15/h6-7,9,12H,4-5,8,10-11H2,1-3H3. The van der Waals surface area contributed by atoms with Gasteiger partial charge in [-0.2, -0.15) is 4.98 Å². The molecule has 2 aromatic rings. The number of pyridine rings is 1. The van der Waals surface area contributed by atoms with Crippen molar-refractivity contribution in [3.63, 3.8) is 0 Å². The number of amides is 1. The molecule has 1 unspecified atom stereocenters. The van der Waals surface area contributed by atoms with Crippen LogP contribution in [-0.4, -0.2) is 51.2 Å². The van der Waals surface area contributed by atoms with E-state index >= 15 is 0 Å². The molecule has 0 aliphatic carbocycles. The van der Waals surface area contributed by atoms with Crippen LogP contribution in [0.5, 0.6) is 5.88 Å². The zero-order valence-corrected chi connectivity index (χ0v) is 16.0. The summed E-state index contributed by atoms with van der Waals surface area (Å²) in [6.07, 6.45) is 4.80. The van der Waals surface area contributed by atoms with E-state index in [-0.39, 0.29) is 12.0 Å². The third-order valence-corrected chi connectivity index (χ3v) is 4.21. The largest absolute Gasteiger partial charge is 0.476 e. The minimum atomic E-state index is -0.497. The fourth-order valence-corrected chi connectivity index (χ4v) is 3.09. The quantitative estimate of drug-likeness (QED) is 0.758. The first kappa shape index (κ1) is 18.6. The summed E-state index contributed by atoms with van der Waals surface area (Å²) in [5.41, 5.74) is 0.723. The number of hydrogen-bond donors (Lipinski definition) is 0. The number of piperidine rings is 1. The van der Waals surface area contributed by atoms with E-state index in [1.54, 1.807) is 23.4 Å². The Morgan fingerprint density at radius 2 is 2.12 bits per heavy atom. The number of carbonyl (C=O) groups excluding carboxylic acids is 1. The van der Waals surface area contributed by atoms with Crippen LogP contribution < -0.4 is 4.74 Å². The Morgan fingerprint density at radius 3 is 2.88 bits per heavy atom. The second-order valence-electron chi connectivity index (χ2n) is 7.42. The Morgan fingerprint density at radius 1 is 1.35 bits per heavy atom. The molecule has 3 heterocycles. The van der Waals surface area contributed by atoms with Crippen molar-refractivity contribution in [2.45, 2.75) is 39.2 Å². The van der Waals surface area contributed by atoms with Crippen LogP contribution in [0, 0.1) is 5.92 Å². The van der Waals surface area contributed by atoms with Crippen molar-refractivity contribution in [1.82, 2.24) is 19.9 Å². The van der Waals surface area contributed by atoms with Crippen LogP contribution in [0.4, 0.5) is 4.79 Å². The van der Waals surface area contributed by atoms with Crippen molar-refractivity contribution < 1.29 is 14.3 Å². The molecular formula is C18H23ClN4O3. The summed E-state index contributed by atoms with van der Waals surface area (Å²) in [6, 6.07) is 1.65. The molecule has 0 bridgehead atoms. The van der Waals surface area contributed by atoms with Crippen molar-refractivity contribution in [2.24, 2.45) is 5.92 Å². The van der Waals surface area contributed by atoms with Crippen molar-refractivity contribution in [1.29, 1.82) is 0 Å². The third-order valence-electron chi connectivity index (χ3n) is 4.02. The molecule has 2 aromatic heterocycles. The van der Waals surface area contributed by atoms with Crippen LogP contribution in [0.1, 0.15) is 33.6 Å². The van der Waals surface area contributed by atoms with E-state index in [2.05, 4.69) is 15.0 Å².